The van der Waals surface area contributed by atoms with Gasteiger partial charge in [0.25, 0.3) is 0 Å². The maximum Gasteiger partial charge on any atom is 0.411 e. The molecule has 0 spiro atoms. The fourth-order valence-electron chi connectivity index (χ4n) is 1.09. The second-order valence-electron chi connectivity index (χ2n) is 3.22. The summed E-state index contributed by atoms with van der Waals surface area (Å²) < 4.78 is 44.4. The molecule has 0 saturated heterocycles. The Morgan fingerprint density at radius 2 is 1.75 bits per heavy atom. The van der Waals surface area contributed by atoms with E-state index < -0.39 is 19.6 Å². The van der Waals surface area contributed by atoms with E-state index in [2.05, 4.69) is 4.74 Å². The van der Waals surface area contributed by atoms with Crippen molar-refractivity contribution in [2.24, 2.45) is 0 Å². The van der Waals surface area contributed by atoms with Gasteiger partial charge < -0.3 is 9.47 Å². The Morgan fingerprint density at radius 1 is 1.12 bits per heavy atom. The van der Waals surface area contributed by atoms with Gasteiger partial charge in [0.15, 0.2) is 6.79 Å². The zero-order valence-corrected chi connectivity index (χ0v) is 8.88. The molecular formula is C11H13F3O2. The highest BCUT2D eigenvalue weighted by Crippen LogP contribution is 2.15. The van der Waals surface area contributed by atoms with Gasteiger partial charge in [-0.2, -0.15) is 13.2 Å². The van der Waals surface area contributed by atoms with Gasteiger partial charge in [-0.3, -0.25) is 0 Å². The Bertz CT molecular complexity index is 306. The number of ether oxygens (including phenoxy) is 2. The molecule has 0 heterocycles. The van der Waals surface area contributed by atoms with Crippen molar-refractivity contribution in [3.05, 3.63) is 29.8 Å². The van der Waals surface area contributed by atoms with Crippen LogP contribution in [-0.4, -0.2) is 19.6 Å². The first-order chi connectivity index (χ1) is 7.51. The van der Waals surface area contributed by atoms with Crippen LogP contribution in [0.25, 0.3) is 0 Å². The van der Waals surface area contributed by atoms with E-state index in [0.29, 0.717) is 5.75 Å². The summed E-state index contributed by atoms with van der Waals surface area (Å²) in [6.07, 6.45) is -3.40. The van der Waals surface area contributed by atoms with Gasteiger partial charge >= 0.3 is 6.18 Å². The van der Waals surface area contributed by atoms with Gasteiger partial charge in [0.1, 0.15) is 12.4 Å². The maximum absolute atomic E-state index is 11.7. The molecule has 0 amide bonds. The minimum absolute atomic E-state index is 0.398. The van der Waals surface area contributed by atoms with Crippen molar-refractivity contribution in [3.8, 4) is 5.75 Å². The van der Waals surface area contributed by atoms with E-state index in [1.165, 1.54) is 0 Å². The molecule has 1 aromatic carbocycles. The average molecular weight is 234 g/mol. The van der Waals surface area contributed by atoms with Gasteiger partial charge in [0, 0.05) is 0 Å². The van der Waals surface area contributed by atoms with E-state index >= 15 is 0 Å². The number of hydrogen-bond donors (Lipinski definition) is 0. The van der Waals surface area contributed by atoms with Crippen LogP contribution in [0.3, 0.4) is 0 Å². The topological polar surface area (TPSA) is 18.5 Å². The lowest BCUT2D eigenvalue weighted by molar-refractivity contribution is -0.186. The van der Waals surface area contributed by atoms with Crippen LogP contribution in [0.1, 0.15) is 12.5 Å². The number of aryl methyl sites for hydroxylation is 1. The summed E-state index contributed by atoms with van der Waals surface area (Å²) in [7, 11) is 0. The molecule has 0 aliphatic heterocycles. The van der Waals surface area contributed by atoms with Crippen molar-refractivity contribution in [1.82, 2.24) is 0 Å². The van der Waals surface area contributed by atoms with Crippen LogP contribution in [-0.2, 0) is 11.2 Å². The van der Waals surface area contributed by atoms with E-state index in [1.807, 2.05) is 19.1 Å². The van der Waals surface area contributed by atoms with Gasteiger partial charge in [-0.25, -0.2) is 0 Å². The molecule has 5 heteroatoms. The SMILES string of the molecule is CCc1ccc(OCOCC(F)(F)F)cc1. The van der Waals surface area contributed by atoms with Crippen molar-refractivity contribution in [3.63, 3.8) is 0 Å². The number of hydrogen-bond acceptors (Lipinski definition) is 2. The molecule has 0 saturated carbocycles. The number of benzene rings is 1. The summed E-state index contributed by atoms with van der Waals surface area (Å²) in [5, 5.41) is 0. The second-order valence-corrected chi connectivity index (χ2v) is 3.22. The van der Waals surface area contributed by atoms with Gasteiger partial charge in [-0.1, -0.05) is 19.1 Å². The predicted molar refractivity (Wildman–Crippen MR) is 53.3 cm³/mol. The van der Waals surface area contributed by atoms with E-state index in [9.17, 15) is 13.2 Å². The van der Waals surface area contributed by atoms with Crippen LogP contribution in [0.5, 0.6) is 5.75 Å². The summed E-state index contributed by atoms with van der Waals surface area (Å²) in [5.74, 6) is 0.499. The highest BCUT2D eigenvalue weighted by molar-refractivity contribution is 5.26. The zero-order valence-electron chi connectivity index (χ0n) is 8.88. The smallest absolute Gasteiger partial charge is 0.411 e. The molecule has 90 valence electrons. The monoisotopic (exact) mass is 234 g/mol. The fourth-order valence-corrected chi connectivity index (χ4v) is 1.09. The average Bonchev–Trinajstić information content (AvgIpc) is 2.24. The third kappa shape index (κ3) is 5.02. The van der Waals surface area contributed by atoms with Crippen molar-refractivity contribution in [1.29, 1.82) is 0 Å². The Balaban J connectivity index is 2.27. The van der Waals surface area contributed by atoms with Crippen molar-refractivity contribution in [2.45, 2.75) is 19.5 Å². The van der Waals surface area contributed by atoms with Crippen LogP contribution in [0.4, 0.5) is 13.2 Å². The molecule has 0 N–H and O–H groups in total. The summed E-state index contributed by atoms with van der Waals surface area (Å²) >= 11 is 0. The molecule has 0 aliphatic rings. The van der Waals surface area contributed by atoms with Crippen LogP contribution in [0.15, 0.2) is 24.3 Å². The number of rotatable bonds is 5. The van der Waals surface area contributed by atoms with Gasteiger partial charge in [0.05, 0.1) is 0 Å². The molecule has 0 atom stereocenters. The molecule has 1 aromatic rings. The van der Waals surface area contributed by atoms with Crippen LogP contribution >= 0.6 is 0 Å². The molecule has 0 radical (unpaired) electrons. The van der Waals surface area contributed by atoms with Crippen molar-refractivity contribution >= 4 is 0 Å². The lowest BCUT2D eigenvalue weighted by atomic mass is 10.2. The highest BCUT2D eigenvalue weighted by atomic mass is 19.4. The lowest BCUT2D eigenvalue weighted by Crippen LogP contribution is -2.19. The molecule has 0 fully saturated rings. The van der Waals surface area contributed by atoms with E-state index in [0.717, 1.165) is 12.0 Å². The normalized spacial score (nSPS) is 11.5. The molecule has 0 aliphatic carbocycles. The van der Waals surface area contributed by atoms with Crippen LogP contribution < -0.4 is 4.74 Å². The van der Waals surface area contributed by atoms with Crippen LogP contribution in [0, 0.1) is 0 Å². The molecule has 1 rings (SSSR count). The van der Waals surface area contributed by atoms with E-state index in [4.69, 9.17) is 4.74 Å². The van der Waals surface area contributed by atoms with Gasteiger partial charge in [-0.05, 0) is 24.1 Å². The first-order valence-electron chi connectivity index (χ1n) is 4.87. The summed E-state index contributed by atoms with van der Waals surface area (Å²) in [6, 6.07) is 7.13. The molecular weight excluding hydrogens is 221 g/mol. The molecule has 16 heavy (non-hydrogen) atoms. The fraction of sp³-hybridized carbons (Fsp3) is 0.455. The Hall–Kier alpha value is -1.23. The van der Waals surface area contributed by atoms with E-state index in [1.54, 1.807) is 12.1 Å². The Kier molecular flexibility index (Phi) is 4.61. The molecule has 0 bridgehead atoms. The first-order valence-corrected chi connectivity index (χ1v) is 4.87. The molecule has 0 unspecified atom stereocenters. The van der Waals surface area contributed by atoms with E-state index in [-0.39, 0.29) is 0 Å². The standard InChI is InChI=1S/C11H13F3O2/c1-2-9-3-5-10(6-4-9)16-8-15-7-11(12,13)14/h3-6H,2,7-8H2,1H3. The van der Waals surface area contributed by atoms with Gasteiger partial charge in [0.2, 0.25) is 0 Å². The molecule has 0 aromatic heterocycles. The van der Waals surface area contributed by atoms with Crippen LogP contribution in [0.2, 0.25) is 0 Å². The molecule has 2 nitrogen and oxygen atoms in total. The summed E-state index contributed by atoms with van der Waals surface area (Å²) in [5.41, 5.74) is 1.14. The number of halogens is 3. The third-order valence-electron chi connectivity index (χ3n) is 1.91. The van der Waals surface area contributed by atoms with Crippen molar-refractivity contribution < 1.29 is 22.6 Å². The lowest BCUT2D eigenvalue weighted by Gasteiger charge is -2.09. The number of alkyl halides is 3. The first kappa shape index (κ1) is 12.8. The minimum Gasteiger partial charge on any atom is -0.468 e. The quantitative estimate of drug-likeness (QED) is 0.575. The van der Waals surface area contributed by atoms with Gasteiger partial charge in [-0.15, -0.1) is 0 Å². The minimum atomic E-state index is -4.31. The zero-order chi connectivity index (χ0) is 12.0. The third-order valence-corrected chi connectivity index (χ3v) is 1.91. The predicted octanol–water partition coefficient (Wildman–Crippen LogP) is 3.16. The highest BCUT2D eigenvalue weighted by Gasteiger charge is 2.27. The Labute approximate surface area is 92.0 Å². The Morgan fingerprint density at radius 3 is 2.25 bits per heavy atom. The maximum atomic E-state index is 11.7. The largest absolute Gasteiger partial charge is 0.468 e. The van der Waals surface area contributed by atoms with Crippen molar-refractivity contribution in [2.75, 3.05) is 13.4 Å². The summed E-state index contributed by atoms with van der Waals surface area (Å²) in [4.78, 5) is 0. The second kappa shape index (κ2) is 5.75. The summed E-state index contributed by atoms with van der Waals surface area (Å²) in [6.45, 7) is 0.327.